The van der Waals surface area contributed by atoms with Gasteiger partial charge in [-0.2, -0.15) is 0 Å². The lowest BCUT2D eigenvalue weighted by molar-refractivity contribution is 0.199. The van der Waals surface area contributed by atoms with E-state index in [-0.39, 0.29) is 0 Å². The minimum absolute atomic E-state index is 0.746. The summed E-state index contributed by atoms with van der Waals surface area (Å²) in [6.45, 7) is 4.87. The van der Waals surface area contributed by atoms with E-state index in [2.05, 4.69) is 13.0 Å². The maximum absolute atomic E-state index is 6.21. The first-order valence-electron chi connectivity index (χ1n) is 4.73. The molecule has 0 fully saturated rings. The van der Waals surface area contributed by atoms with Gasteiger partial charge in [0.1, 0.15) is 0 Å². The molecule has 1 aromatic rings. The van der Waals surface area contributed by atoms with Crippen molar-refractivity contribution in [2.45, 2.75) is 20.3 Å². The fraction of sp³-hybridized carbons (Fsp3) is 0.417. The Morgan fingerprint density at radius 1 is 1.43 bits per heavy atom. The van der Waals surface area contributed by atoms with Gasteiger partial charge < -0.3 is 4.74 Å². The maximum Gasteiger partial charge on any atom is 0.0473 e. The molecule has 0 saturated carbocycles. The normalized spacial score (nSPS) is 10.9. The lowest BCUT2D eigenvalue weighted by Gasteiger charge is -2.13. The van der Waals surface area contributed by atoms with Gasteiger partial charge in [0, 0.05) is 24.7 Å². The predicted molar refractivity (Wildman–Crippen MR) is 60.7 cm³/mol. The van der Waals surface area contributed by atoms with Crippen molar-refractivity contribution in [3.8, 4) is 0 Å². The Bertz CT molecular complexity index is 296. The minimum Gasteiger partial charge on any atom is -0.385 e. The number of hydrogen-bond acceptors (Lipinski definition) is 1. The fourth-order valence-electron chi connectivity index (χ4n) is 1.37. The second-order valence-corrected chi connectivity index (χ2v) is 3.84. The van der Waals surface area contributed by atoms with E-state index in [4.69, 9.17) is 16.3 Å². The van der Waals surface area contributed by atoms with Gasteiger partial charge in [0.15, 0.2) is 0 Å². The Kier molecular flexibility index (Phi) is 4.43. The molecule has 0 atom stereocenters. The van der Waals surface area contributed by atoms with Crippen LogP contribution in [0.4, 0.5) is 0 Å². The van der Waals surface area contributed by atoms with Crippen LogP contribution in [0.2, 0.25) is 5.02 Å². The van der Waals surface area contributed by atoms with Gasteiger partial charge >= 0.3 is 0 Å². The first kappa shape index (κ1) is 11.5. The molecule has 14 heavy (non-hydrogen) atoms. The highest BCUT2D eigenvalue weighted by Crippen LogP contribution is 2.28. The molecule has 0 saturated heterocycles. The molecule has 1 aromatic carbocycles. The smallest absolute Gasteiger partial charge is 0.0473 e. The van der Waals surface area contributed by atoms with Crippen LogP contribution in [0.25, 0.3) is 0 Å². The van der Waals surface area contributed by atoms with Crippen LogP contribution >= 0.6 is 11.6 Å². The molecule has 0 N–H and O–H groups in total. The number of halogens is 1. The summed E-state index contributed by atoms with van der Waals surface area (Å²) in [6, 6.07) is 6.11. The topological polar surface area (TPSA) is 9.23 Å². The number of ether oxygens (including phenoxy) is 1. The molecule has 0 spiro atoms. The van der Waals surface area contributed by atoms with Gasteiger partial charge in [0.05, 0.1) is 0 Å². The number of benzene rings is 1. The lowest BCUT2D eigenvalue weighted by Crippen LogP contribution is -2.01. The minimum atomic E-state index is 0.746. The molecule has 1 radical (unpaired) electrons. The lowest BCUT2D eigenvalue weighted by atomic mass is 9.96. The summed E-state index contributed by atoms with van der Waals surface area (Å²) in [5.41, 5.74) is 2.27. The van der Waals surface area contributed by atoms with Crippen molar-refractivity contribution in [1.82, 2.24) is 0 Å². The molecule has 2 heteroatoms. The third kappa shape index (κ3) is 2.73. The number of aryl methyl sites for hydroxylation is 1. The Morgan fingerprint density at radius 3 is 2.79 bits per heavy atom. The standard InChI is InChI=1S/C12H16ClO/c1-9(7-8-14-3)11-6-4-5-10(2)12(11)13/h4-6H,7-8H2,1-3H3. The molecule has 0 bridgehead atoms. The summed E-state index contributed by atoms with van der Waals surface area (Å²) in [5.74, 6) is 1.28. The van der Waals surface area contributed by atoms with Crippen molar-refractivity contribution >= 4 is 11.6 Å². The molecule has 1 rings (SSSR count). The highest BCUT2D eigenvalue weighted by molar-refractivity contribution is 6.32. The summed E-state index contributed by atoms with van der Waals surface area (Å²) in [5, 5.41) is 0.862. The van der Waals surface area contributed by atoms with Gasteiger partial charge in [-0.05, 0) is 24.5 Å². The molecule has 0 aliphatic carbocycles. The first-order chi connectivity index (χ1) is 6.66. The molecule has 0 amide bonds. The molecule has 1 nitrogen and oxygen atoms in total. The monoisotopic (exact) mass is 211 g/mol. The van der Waals surface area contributed by atoms with Crippen LogP contribution in [0, 0.1) is 12.8 Å². The van der Waals surface area contributed by atoms with Gasteiger partial charge in [-0.25, -0.2) is 0 Å². The molecule has 0 aliphatic heterocycles. The fourth-order valence-corrected chi connectivity index (χ4v) is 1.65. The summed E-state index contributed by atoms with van der Waals surface area (Å²) < 4.78 is 5.04. The van der Waals surface area contributed by atoms with Crippen molar-refractivity contribution in [2.24, 2.45) is 0 Å². The van der Waals surface area contributed by atoms with Crippen LogP contribution in [0.5, 0.6) is 0 Å². The van der Waals surface area contributed by atoms with Crippen molar-refractivity contribution in [2.75, 3.05) is 13.7 Å². The van der Waals surface area contributed by atoms with Gasteiger partial charge in [0.25, 0.3) is 0 Å². The van der Waals surface area contributed by atoms with Crippen LogP contribution in [0.3, 0.4) is 0 Å². The molecular weight excluding hydrogens is 196 g/mol. The Labute approximate surface area is 91.0 Å². The van der Waals surface area contributed by atoms with E-state index in [0.717, 1.165) is 29.2 Å². The van der Waals surface area contributed by atoms with Gasteiger partial charge in [-0.3, -0.25) is 0 Å². The Balaban J connectivity index is 2.79. The third-order valence-electron chi connectivity index (χ3n) is 2.33. The van der Waals surface area contributed by atoms with E-state index in [0.29, 0.717) is 0 Å². The molecule has 0 heterocycles. The Morgan fingerprint density at radius 2 is 2.14 bits per heavy atom. The highest BCUT2D eigenvalue weighted by atomic mass is 35.5. The van der Waals surface area contributed by atoms with Crippen LogP contribution in [-0.2, 0) is 4.74 Å². The van der Waals surface area contributed by atoms with Crippen molar-refractivity contribution in [1.29, 1.82) is 0 Å². The van der Waals surface area contributed by atoms with E-state index in [1.807, 2.05) is 19.1 Å². The van der Waals surface area contributed by atoms with E-state index in [1.54, 1.807) is 7.11 Å². The average Bonchev–Trinajstić information content (AvgIpc) is 2.18. The predicted octanol–water partition coefficient (Wildman–Crippen LogP) is 3.63. The van der Waals surface area contributed by atoms with E-state index in [9.17, 15) is 0 Å². The SMILES string of the molecule is COCC[C](C)c1cccc(C)c1Cl. The number of hydrogen-bond donors (Lipinski definition) is 0. The third-order valence-corrected chi connectivity index (χ3v) is 2.83. The zero-order valence-corrected chi connectivity index (χ0v) is 9.69. The van der Waals surface area contributed by atoms with Gasteiger partial charge in [-0.15, -0.1) is 0 Å². The number of rotatable bonds is 4. The second kappa shape index (κ2) is 5.38. The van der Waals surface area contributed by atoms with E-state index in [1.165, 1.54) is 5.92 Å². The zero-order chi connectivity index (χ0) is 10.6. The summed E-state index contributed by atoms with van der Waals surface area (Å²) >= 11 is 6.21. The molecule has 0 unspecified atom stereocenters. The average molecular weight is 212 g/mol. The molecular formula is C12H16ClO. The van der Waals surface area contributed by atoms with E-state index < -0.39 is 0 Å². The van der Waals surface area contributed by atoms with Crippen LogP contribution in [0.1, 0.15) is 24.5 Å². The highest BCUT2D eigenvalue weighted by Gasteiger charge is 2.10. The summed E-state index contributed by atoms with van der Waals surface area (Å²) in [7, 11) is 1.71. The van der Waals surface area contributed by atoms with Crippen molar-refractivity contribution < 1.29 is 4.74 Å². The summed E-state index contributed by atoms with van der Waals surface area (Å²) in [4.78, 5) is 0. The molecule has 0 aromatic heterocycles. The quantitative estimate of drug-likeness (QED) is 0.739. The largest absolute Gasteiger partial charge is 0.385 e. The van der Waals surface area contributed by atoms with Crippen LogP contribution < -0.4 is 0 Å². The van der Waals surface area contributed by atoms with Crippen molar-refractivity contribution in [3.63, 3.8) is 0 Å². The first-order valence-corrected chi connectivity index (χ1v) is 5.11. The number of methoxy groups -OCH3 is 1. The second-order valence-electron chi connectivity index (χ2n) is 3.46. The molecule has 0 aliphatic rings. The molecule has 77 valence electrons. The van der Waals surface area contributed by atoms with Gasteiger partial charge in [-0.1, -0.05) is 36.7 Å². The van der Waals surface area contributed by atoms with Crippen LogP contribution in [0.15, 0.2) is 18.2 Å². The van der Waals surface area contributed by atoms with E-state index >= 15 is 0 Å². The maximum atomic E-state index is 6.21. The van der Waals surface area contributed by atoms with Crippen LogP contribution in [-0.4, -0.2) is 13.7 Å². The zero-order valence-electron chi connectivity index (χ0n) is 8.93. The van der Waals surface area contributed by atoms with Crippen molar-refractivity contribution in [3.05, 3.63) is 40.3 Å². The summed E-state index contributed by atoms with van der Waals surface area (Å²) in [6.07, 6.45) is 0.930. The Hall–Kier alpha value is -0.530. The van der Waals surface area contributed by atoms with Gasteiger partial charge in [0.2, 0.25) is 0 Å².